The fourth-order valence-electron chi connectivity index (χ4n) is 1.74. The molecule has 0 fully saturated rings. The predicted octanol–water partition coefficient (Wildman–Crippen LogP) is 1.70. The second-order valence-electron chi connectivity index (χ2n) is 4.84. The van der Waals surface area contributed by atoms with E-state index in [0.29, 0.717) is 24.0 Å². The van der Waals surface area contributed by atoms with E-state index in [4.69, 9.17) is 5.26 Å². The summed E-state index contributed by atoms with van der Waals surface area (Å²) in [4.78, 5) is 0.101. The van der Waals surface area contributed by atoms with Gasteiger partial charge in [-0.05, 0) is 43.5 Å². The standard InChI is InChI=1S/C14H20N2O3S/c1-4-14(17,5-2)10-16-20(18,19)13-7-6-12(9-15)11(3)8-13/h6-8,16-17H,4-5,10H2,1-3H3. The Balaban J connectivity index is 2.95. The predicted molar refractivity (Wildman–Crippen MR) is 76.6 cm³/mol. The lowest BCUT2D eigenvalue weighted by molar-refractivity contribution is 0.0377. The average molecular weight is 296 g/mol. The molecule has 0 atom stereocenters. The van der Waals surface area contributed by atoms with E-state index in [1.165, 1.54) is 18.2 Å². The highest BCUT2D eigenvalue weighted by Crippen LogP contribution is 2.17. The van der Waals surface area contributed by atoms with Crippen LogP contribution in [0.2, 0.25) is 0 Å². The first kappa shape index (κ1) is 16.6. The second-order valence-corrected chi connectivity index (χ2v) is 6.61. The molecule has 0 spiro atoms. The van der Waals surface area contributed by atoms with Gasteiger partial charge in [0.25, 0.3) is 0 Å². The molecule has 0 unspecified atom stereocenters. The van der Waals surface area contributed by atoms with E-state index in [1.54, 1.807) is 6.92 Å². The van der Waals surface area contributed by atoms with E-state index >= 15 is 0 Å². The Morgan fingerprint density at radius 3 is 2.40 bits per heavy atom. The Morgan fingerprint density at radius 1 is 1.35 bits per heavy atom. The van der Waals surface area contributed by atoms with Crippen molar-refractivity contribution < 1.29 is 13.5 Å². The SMILES string of the molecule is CCC(O)(CC)CNS(=O)(=O)c1ccc(C#N)c(C)c1. The van der Waals surface area contributed by atoms with Crippen LogP contribution >= 0.6 is 0 Å². The largest absolute Gasteiger partial charge is 0.389 e. The lowest BCUT2D eigenvalue weighted by atomic mass is 9.98. The van der Waals surface area contributed by atoms with Crippen LogP contribution in [0.5, 0.6) is 0 Å². The van der Waals surface area contributed by atoms with E-state index < -0.39 is 15.6 Å². The lowest BCUT2D eigenvalue weighted by Crippen LogP contribution is -2.41. The van der Waals surface area contributed by atoms with Crippen LogP contribution in [-0.4, -0.2) is 25.7 Å². The van der Waals surface area contributed by atoms with Gasteiger partial charge in [0.1, 0.15) is 0 Å². The highest BCUT2D eigenvalue weighted by Gasteiger charge is 2.25. The molecule has 110 valence electrons. The number of benzene rings is 1. The maximum Gasteiger partial charge on any atom is 0.240 e. The summed E-state index contributed by atoms with van der Waals surface area (Å²) in [6.07, 6.45) is 0.941. The molecular formula is C14H20N2O3S. The molecule has 20 heavy (non-hydrogen) atoms. The van der Waals surface area contributed by atoms with E-state index in [0.717, 1.165) is 0 Å². The molecular weight excluding hydrogens is 276 g/mol. The van der Waals surface area contributed by atoms with Gasteiger partial charge in [-0.1, -0.05) is 13.8 Å². The molecule has 0 aliphatic rings. The molecule has 2 N–H and O–H groups in total. The van der Waals surface area contributed by atoms with Crippen molar-refractivity contribution in [3.8, 4) is 6.07 Å². The van der Waals surface area contributed by atoms with Gasteiger partial charge in [0.15, 0.2) is 0 Å². The Kier molecular flexibility index (Phi) is 5.28. The molecule has 0 aromatic heterocycles. The Hall–Kier alpha value is -1.42. The summed E-state index contributed by atoms with van der Waals surface area (Å²) in [6, 6.07) is 6.32. The molecule has 0 saturated heterocycles. The number of aryl methyl sites for hydroxylation is 1. The normalized spacial score (nSPS) is 12.2. The number of rotatable bonds is 6. The van der Waals surface area contributed by atoms with E-state index in [-0.39, 0.29) is 11.4 Å². The number of hydrogen-bond donors (Lipinski definition) is 2. The molecule has 0 radical (unpaired) electrons. The third-order valence-corrected chi connectivity index (χ3v) is 4.94. The van der Waals surface area contributed by atoms with Crippen LogP contribution in [-0.2, 0) is 10.0 Å². The summed E-state index contributed by atoms with van der Waals surface area (Å²) in [5.74, 6) is 0. The molecule has 6 heteroatoms. The summed E-state index contributed by atoms with van der Waals surface area (Å²) >= 11 is 0. The van der Waals surface area contributed by atoms with Crippen molar-refractivity contribution in [1.29, 1.82) is 5.26 Å². The van der Waals surface area contributed by atoms with Crippen LogP contribution in [0.15, 0.2) is 23.1 Å². The van der Waals surface area contributed by atoms with E-state index in [2.05, 4.69) is 4.72 Å². The summed E-state index contributed by atoms with van der Waals surface area (Å²) in [5.41, 5.74) is 0.0218. The Morgan fingerprint density at radius 2 is 1.95 bits per heavy atom. The minimum absolute atomic E-state index is 0.0264. The summed E-state index contributed by atoms with van der Waals surface area (Å²) in [7, 11) is -3.68. The first-order valence-electron chi connectivity index (χ1n) is 6.51. The van der Waals surface area contributed by atoms with Gasteiger partial charge in [-0.15, -0.1) is 0 Å². The number of aliphatic hydroxyl groups is 1. The Bertz CT molecular complexity index is 614. The van der Waals surface area contributed by atoms with Crippen LogP contribution in [0, 0.1) is 18.3 Å². The zero-order chi connectivity index (χ0) is 15.4. The molecule has 0 aliphatic heterocycles. The van der Waals surface area contributed by atoms with Crippen LogP contribution in [0.4, 0.5) is 0 Å². The number of nitrogens with one attached hydrogen (secondary N) is 1. The summed E-state index contributed by atoms with van der Waals surface area (Å²) in [6.45, 7) is 5.28. The number of nitrogens with zero attached hydrogens (tertiary/aromatic N) is 1. The topological polar surface area (TPSA) is 90.2 Å². The summed E-state index contributed by atoms with van der Waals surface area (Å²) < 4.78 is 26.7. The molecule has 1 aromatic rings. The smallest absolute Gasteiger partial charge is 0.240 e. The molecule has 1 aromatic carbocycles. The monoisotopic (exact) mass is 296 g/mol. The third kappa shape index (κ3) is 3.79. The third-order valence-electron chi connectivity index (χ3n) is 3.54. The summed E-state index contributed by atoms with van der Waals surface area (Å²) in [5, 5.41) is 18.9. The van der Waals surface area contributed by atoms with Gasteiger partial charge < -0.3 is 5.11 Å². The van der Waals surface area contributed by atoms with Gasteiger partial charge in [-0.3, -0.25) is 0 Å². The first-order chi connectivity index (χ1) is 9.28. The highest BCUT2D eigenvalue weighted by atomic mass is 32.2. The maximum absolute atomic E-state index is 12.2. The quantitative estimate of drug-likeness (QED) is 0.836. The second kappa shape index (κ2) is 6.35. The van der Waals surface area contributed by atoms with Crippen molar-refractivity contribution in [2.24, 2.45) is 0 Å². The minimum Gasteiger partial charge on any atom is -0.389 e. The lowest BCUT2D eigenvalue weighted by Gasteiger charge is -2.25. The zero-order valence-corrected chi connectivity index (χ0v) is 12.8. The van der Waals surface area contributed by atoms with Crippen molar-refractivity contribution >= 4 is 10.0 Å². The van der Waals surface area contributed by atoms with E-state index in [1.807, 2.05) is 19.9 Å². The van der Waals surface area contributed by atoms with Crippen LogP contribution in [0.1, 0.15) is 37.8 Å². The molecule has 5 nitrogen and oxygen atoms in total. The van der Waals surface area contributed by atoms with Crippen LogP contribution in [0.25, 0.3) is 0 Å². The maximum atomic E-state index is 12.2. The number of nitriles is 1. The molecule has 0 bridgehead atoms. The van der Waals surface area contributed by atoms with Crippen molar-refractivity contribution in [2.45, 2.75) is 44.1 Å². The van der Waals surface area contributed by atoms with Gasteiger partial charge in [0.05, 0.1) is 22.1 Å². The van der Waals surface area contributed by atoms with Gasteiger partial charge in [-0.25, -0.2) is 13.1 Å². The molecule has 1 rings (SSSR count). The minimum atomic E-state index is -3.68. The highest BCUT2D eigenvalue weighted by molar-refractivity contribution is 7.89. The fraction of sp³-hybridized carbons (Fsp3) is 0.500. The molecule has 0 heterocycles. The first-order valence-corrected chi connectivity index (χ1v) is 7.99. The zero-order valence-electron chi connectivity index (χ0n) is 12.0. The van der Waals surface area contributed by atoms with Crippen LogP contribution in [0.3, 0.4) is 0 Å². The van der Waals surface area contributed by atoms with E-state index in [9.17, 15) is 13.5 Å². The van der Waals surface area contributed by atoms with Gasteiger partial charge in [0, 0.05) is 6.54 Å². The van der Waals surface area contributed by atoms with Gasteiger partial charge in [0.2, 0.25) is 10.0 Å². The molecule has 0 aliphatic carbocycles. The average Bonchev–Trinajstić information content (AvgIpc) is 2.44. The van der Waals surface area contributed by atoms with Crippen molar-refractivity contribution in [3.05, 3.63) is 29.3 Å². The number of sulfonamides is 1. The molecule has 0 amide bonds. The van der Waals surface area contributed by atoms with Crippen LogP contribution < -0.4 is 4.72 Å². The van der Waals surface area contributed by atoms with Gasteiger partial charge in [-0.2, -0.15) is 5.26 Å². The van der Waals surface area contributed by atoms with Crippen molar-refractivity contribution in [1.82, 2.24) is 4.72 Å². The Labute approximate surface area is 120 Å². The van der Waals surface area contributed by atoms with Crippen molar-refractivity contribution in [2.75, 3.05) is 6.54 Å². The number of hydrogen-bond acceptors (Lipinski definition) is 4. The fourth-order valence-corrected chi connectivity index (χ4v) is 2.95. The van der Waals surface area contributed by atoms with Gasteiger partial charge >= 0.3 is 0 Å². The molecule has 0 saturated carbocycles. The van der Waals surface area contributed by atoms with Crippen molar-refractivity contribution in [3.63, 3.8) is 0 Å².